The molecule has 2 rings (SSSR count). The molecule has 1 fully saturated rings. The Morgan fingerprint density at radius 1 is 1.50 bits per heavy atom. The summed E-state index contributed by atoms with van der Waals surface area (Å²) in [4.78, 5) is 0. The van der Waals surface area contributed by atoms with Crippen LogP contribution in [0.3, 0.4) is 0 Å². The van der Waals surface area contributed by atoms with Crippen LogP contribution < -0.4 is 5.73 Å². The number of hydrogen-bond acceptors (Lipinski definition) is 1. The quantitative estimate of drug-likeness (QED) is 0.773. The average molecular weight is 187 g/mol. The summed E-state index contributed by atoms with van der Waals surface area (Å²) < 4.78 is 0. The first-order chi connectivity index (χ1) is 6.59. The second-order valence-corrected chi connectivity index (χ2v) is 4.52. The van der Waals surface area contributed by atoms with E-state index < -0.39 is 0 Å². The molecular formula is C13H17N. The molecule has 0 amide bonds. The van der Waals surface area contributed by atoms with E-state index in [-0.39, 0.29) is 5.54 Å². The van der Waals surface area contributed by atoms with Crippen LogP contribution in [0.25, 0.3) is 5.57 Å². The minimum absolute atomic E-state index is 0.105. The van der Waals surface area contributed by atoms with Crippen LogP contribution in [0.5, 0.6) is 0 Å². The van der Waals surface area contributed by atoms with E-state index in [1.165, 1.54) is 24.0 Å². The van der Waals surface area contributed by atoms with Crippen LogP contribution in [0, 0.1) is 0 Å². The van der Waals surface area contributed by atoms with Gasteiger partial charge in [-0.2, -0.15) is 0 Å². The topological polar surface area (TPSA) is 26.0 Å². The van der Waals surface area contributed by atoms with Crippen molar-refractivity contribution in [1.82, 2.24) is 0 Å². The highest BCUT2D eigenvalue weighted by Crippen LogP contribution is 2.35. The Morgan fingerprint density at radius 3 is 2.79 bits per heavy atom. The highest BCUT2D eigenvalue weighted by Gasteiger charge is 2.37. The number of rotatable bonds is 3. The first-order valence-corrected chi connectivity index (χ1v) is 5.13. The second-order valence-electron chi connectivity index (χ2n) is 4.52. The van der Waals surface area contributed by atoms with Crippen molar-refractivity contribution in [2.75, 3.05) is 0 Å². The van der Waals surface area contributed by atoms with E-state index in [0.29, 0.717) is 0 Å². The molecular weight excluding hydrogens is 170 g/mol. The molecule has 0 radical (unpaired) electrons. The van der Waals surface area contributed by atoms with Gasteiger partial charge in [0, 0.05) is 5.54 Å². The Kier molecular flexibility index (Phi) is 2.20. The van der Waals surface area contributed by atoms with Crippen LogP contribution in [0.4, 0.5) is 0 Å². The van der Waals surface area contributed by atoms with Gasteiger partial charge in [-0.15, -0.1) is 0 Å². The van der Waals surface area contributed by atoms with Crippen molar-refractivity contribution in [3.05, 3.63) is 42.0 Å². The molecule has 0 unspecified atom stereocenters. The Labute approximate surface area is 85.6 Å². The van der Waals surface area contributed by atoms with E-state index in [1.807, 2.05) is 6.92 Å². The lowest BCUT2D eigenvalue weighted by molar-refractivity contribution is 0.672. The molecule has 1 aromatic rings. The van der Waals surface area contributed by atoms with E-state index in [4.69, 9.17) is 5.73 Å². The fourth-order valence-electron chi connectivity index (χ4n) is 1.69. The van der Waals surface area contributed by atoms with E-state index in [0.717, 1.165) is 12.0 Å². The van der Waals surface area contributed by atoms with Gasteiger partial charge in [-0.25, -0.2) is 0 Å². The molecule has 0 bridgehead atoms. The second kappa shape index (κ2) is 3.25. The summed E-state index contributed by atoms with van der Waals surface area (Å²) in [6.07, 6.45) is 3.35. The molecule has 1 heteroatoms. The fourth-order valence-corrected chi connectivity index (χ4v) is 1.69. The first kappa shape index (κ1) is 9.47. The number of nitrogens with two attached hydrogens (primary N) is 1. The SMILES string of the molecule is C=C(C)c1cccc(CC2(N)CC2)c1. The smallest absolute Gasteiger partial charge is 0.0196 e. The molecule has 2 N–H and O–H groups in total. The highest BCUT2D eigenvalue weighted by molar-refractivity contribution is 5.61. The summed E-state index contributed by atoms with van der Waals surface area (Å²) in [5.74, 6) is 0. The molecule has 0 saturated heterocycles. The van der Waals surface area contributed by atoms with Gasteiger partial charge in [0.15, 0.2) is 0 Å². The zero-order valence-corrected chi connectivity index (χ0v) is 8.72. The van der Waals surface area contributed by atoms with Crippen molar-refractivity contribution in [2.24, 2.45) is 5.73 Å². The van der Waals surface area contributed by atoms with Crippen LogP contribution in [-0.4, -0.2) is 5.54 Å². The Bertz CT molecular complexity index is 361. The lowest BCUT2D eigenvalue weighted by Crippen LogP contribution is -2.24. The van der Waals surface area contributed by atoms with Gasteiger partial charge in [0.2, 0.25) is 0 Å². The molecule has 1 aliphatic carbocycles. The maximum absolute atomic E-state index is 6.08. The normalized spacial score (nSPS) is 17.9. The van der Waals surface area contributed by atoms with E-state index in [1.54, 1.807) is 0 Å². The summed E-state index contributed by atoms with van der Waals surface area (Å²) in [5, 5.41) is 0. The maximum atomic E-state index is 6.08. The molecule has 1 aliphatic rings. The standard InChI is InChI=1S/C13H17N/c1-10(2)12-5-3-4-11(8-12)9-13(14)6-7-13/h3-5,8H,1,6-7,9,14H2,2H3. The largest absolute Gasteiger partial charge is 0.325 e. The summed E-state index contributed by atoms with van der Waals surface area (Å²) >= 11 is 0. The lowest BCUT2D eigenvalue weighted by atomic mass is 10.0. The van der Waals surface area contributed by atoms with Gasteiger partial charge in [-0.1, -0.05) is 36.4 Å². The van der Waals surface area contributed by atoms with Crippen molar-refractivity contribution in [3.8, 4) is 0 Å². The van der Waals surface area contributed by atoms with Crippen LogP contribution >= 0.6 is 0 Å². The van der Waals surface area contributed by atoms with Gasteiger partial charge in [-0.05, 0) is 37.3 Å². The van der Waals surface area contributed by atoms with Crippen molar-refractivity contribution < 1.29 is 0 Å². The van der Waals surface area contributed by atoms with Crippen molar-refractivity contribution >= 4 is 5.57 Å². The number of benzene rings is 1. The van der Waals surface area contributed by atoms with Gasteiger partial charge in [-0.3, -0.25) is 0 Å². The average Bonchev–Trinajstić information content (AvgIpc) is 2.83. The van der Waals surface area contributed by atoms with Crippen LogP contribution in [0.2, 0.25) is 0 Å². The van der Waals surface area contributed by atoms with E-state index in [9.17, 15) is 0 Å². The Morgan fingerprint density at radius 2 is 2.21 bits per heavy atom. The number of hydrogen-bond donors (Lipinski definition) is 1. The molecule has 74 valence electrons. The predicted octanol–water partition coefficient (Wildman–Crippen LogP) is 2.75. The van der Waals surface area contributed by atoms with Crippen molar-refractivity contribution in [2.45, 2.75) is 31.7 Å². The highest BCUT2D eigenvalue weighted by atomic mass is 14.8. The molecule has 0 aromatic heterocycles. The fraction of sp³-hybridized carbons (Fsp3) is 0.385. The molecule has 0 aliphatic heterocycles. The van der Waals surface area contributed by atoms with Gasteiger partial charge >= 0.3 is 0 Å². The maximum Gasteiger partial charge on any atom is 0.0196 e. The molecule has 0 heterocycles. The summed E-state index contributed by atoms with van der Waals surface area (Å²) in [6, 6.07) is 8.54. The van der Waals surface area contributed by atoms with Gasteiger partial charge in [0.1, 0.15) is 0 Å². The van der Waals surface area contributed by atoms with Crippen LogP contribution in [0.1, 0.15) is 30.9 Å². The van der Waals surface area contributed by atoms with Crippen molar-refractivity contribution in [1.29, 1.82) is 0 Å². The zero-order valence-electron chi connectivity index (χ0n) is 8.72. The molecule has 1 nitrogen and oxygen atoms in total. The van der Waals surface area contributed by atoms with Crippen molar-refractivity contribution in [3.63, 3.8) is 0 Å². The summed E-state index contributed by atoms with van der Waals surface area (Å²) in [6.45, 7) is 5.98. The third-order valence-electron chi connectivity index (χ3n) is 2.87. The van der Waals surface area contributed by atoms with Gasteiger partial charge in [0.05, 0.1) is 0 Å². The van der Waals surface area contributed by atoms with Crippen LogP contribution in [-0.2, 0) is 6.42 Å². The Balaban J connectivity index is 2.17. The minimum atomic E-state index is 0.105. The predicted molar refractivity (Wildman–Crippen MR) is 61.0 cm³/mol. The van der Waals surface area contributed by atoms with E-state index in [2.05, 4.69) is 30.8 Å². The number of allylic oxidation sites excluding steroid dienone is 1. The van der Waals surface area contributed by atoms with Crippen LogP contribution in [0.15, 0.2) is 30.8 Å². The molecule has 1 saturated carbocycles. The third kappa shape index (κ3) is 2.05. The zero-order chi connectivity index (χ0) is 10.2. The summed E-state index contributed by atoms with van der Waals surface area (Å²) in [5.41, 5.74) is 9.87. The Hall–Kier alpha value is -1.08. The molecule has 14 heavy (non-hydrogen) atoms. The lowest BCUT2D eigenvalue weighted by Gasteiger charge is -2.09. The van der Waals surface area contributed by atoms with Gasteiger partial charge in [0.25, 0.3) is 0 Å². The minimum Gasteiger partial charge on any atom is -0.325 e. The third-order valence-corrected chi connectivity index (χ3v) is 2.87. The first-order valence-electron chi connectivity index (χ1n) is 5.13. The summed E-state index contributed by atoms with van der Waals surface area (Å²) in [7, 11) is 0. The van der Waals surface area contributed by atoms with E-state index >= 15 is 0 Å². The van der Waals surface area contributed by atoms with Gasteiger partial charge < -0.3 is 5.73 Å². The molecule has 0 spiro atoms. The monoisotopic (exact) mass is 187 g/mol. The molecule has 0 atom stereocenters. The molecule has 1 aromatic carbocycles.